The Labute approximate surface area is 201 Å². The third kappa shape index (κ3) is 5.14. The third-order valence-electron chi connectivity index (χ3n) is 4.94. The molecule has 0 aliphatic rings. The molecule has 0 amide bonds. The minimum atomic E-state index is -4.91. The summed E-state index contributed by atoms with van der Waals surface area (Å²) in [6.45, 7) is -1.16. The Kier molecular flexibility index (Phi) is 6.74. The number of aliphatic hydroxyl groups excluding tert-OH is 1. The second-order valence-electron chi connectivity index (χ2n) is 7.31. The lowest BCUT2D eigenvalue weighted by Crippen LogP contribution is -2.37. The summed E-state index contributed by atoms with van der Waals surface area (Å²) in [5.74, 6) is -0.0506. The van der Waals surface area contributed by atoms with Gasteiger partial charge in [-0.3, -0.25) is 4.57 Å². The normalized spacial score (nSPS) is 12.6. The van der Waals surface area contributed by atoms with Gasteiger partial charge in [0.25, 0.3) is 0 Å². The average Bonchev–Trinajstić information content (AvgIpc) is 3.09. The number of halogens is 5. The van der Waals surface area contributed by atoms with E-state index in [1.54, 1.807) is 30.3 Å². The van der Waals surface area contributed by atoms with Gasteiger partial charge in [-0.15, -0.1) is 5.10 Å². The number of rotatable bonds is 6. The molecule has 0 spiro atoms. The van der Waals surface area contributed by atoms with E-state index in [2.05, 4.69) is 15.1 Å². The van der Waals surface area contributed by atoms with Gasteiger partial charge in [-0.2, -0.15) is 13.2 Å². The predicted octanol–water partition coefficient (Wildman–Crippen LogP) is 4.45. The summed E-state index contributed by atoms with van der Waals surface area (Å²) < 4.78 is 40.8. The van der Waals surface area contributed by atoms with Crippen LogP contribution in [0.4, 0.5) is 13.2 Å². The summed E-state index contributed by atoms with van der Waals surface area (Å²) in [4.78, 5) is 21.3. The lowest BCUT2D eigenvalue weighted by atomic mass is 10.1. The Balaban J connectivity index is 1.74. The highest BCUT2D eigenvalue weighted by molar-refractivity contribution is 6.33. The molecule has 2 heterocycles. The maximum absolute atomic E-state index is 13.0. The third-order valence-corrected chi connectivity index (χ3v) is 5.53. The summed E-state index contributed by atoms with van der Waals surface area (Å²) in [5, 5.41) is 14.7. The molecular weight excluding hydrogens is 494 g/mol. The molecule has 4 aromatic rings. The fraction of sp³-hybridized carbons (Fsp3) is 0.182. The molecule has 0 fully saturated rings. The number of hydrogen-bond acceptors (Lipinski definition) is 5. The first kappa shape index (κ1) is 23.9. The Bertz CT molecular complexity index is 1370. The van der Waals surface area contributed by atoms with Gasteiger partial charge in [-0.05, 0) is 36.4 Å². The van der Waals surface area contributed by atoms with Crippen LogP contribution in [-0.2, 0) is 13.1 Å². The first-order valence-corrected chi connectivity index (χ1v) is 10.6. The summed E-state index contributed by atoms with van der Waals surface area (Å²) in [7, 11) is 0. The fourth-order valence-corrected chi connectivity index (χ4v) is 3.61. The zero-order chi connectivity index (χ0) is 24.5. The van der Waals surface area contributed by atoms with Crippen LogP contribution in [0.5, 0.6) is 0 Å². The lowest BCUT2D eigenvalue weighted by Gasteiger charge is -2.15. The average molecular weight is 510 g/mol. The molecule has 0 aliphatic carbocycles. The van der Waals surface area contributed by atoms with Crippen LogP contribution in [0.2, 0.25) is 10.0 Å². The number of aromatic nitrogens is 5. The van der Waals surface area contributed by atoms with Gasteiger partial charge in [0, 0.05) is 21.2 Å². The number of hydrogen-bond donors (Lipinski definition) is 1. The standard InChI is InChI=1S/C22H16Cl2F3N5O2/c23-14-7-5-13(6-8-14)20-30-32(21(34)31(20)11-19(33)22(25,26)27)10-15-9-18(29-12-28-15)16-3-1-2-4-17(16)24/h1-9,12,19,33H,10-11H2. The molecule has 1 unspecified atom stereocenters. The molecular formula is C22H16Cl2F3N5O2. The van der Waals surface area contributed by atoms with Crippen molar-refractivity contribution in [2.45, 2.75) is 25.4 Å². The van der Waals surface area contributed by atoms with Gasteiger partial charge in [0.05, 0.1) is 24.5 Å². The maximum Gasteiger partial charge on any atom is 0.416 e. The van der Waals surface area contributed by atoms with Crippen molar-refractivity contribution in [2.75, 3.05) is 0 Å². The molecule has 0 bridgehead atoms. The number of benzene rings is 2. The van der Waals surface area contributed by atoms with Gasteiger partial charge in [0.2, 0.25) is 0 Å². The monoisotopic (exact) mass is 509 g/mol. The molecule has 34 heavy (non-hydrogen) atoms. The number of alkyl halides is 3. The van der Waals surface area contributed by atoms with Gasteiger partial charge in [0.1, 0.15) is 6.33 Å². The van der Waals surface area contributed by atoms with Crippen LogP contribution in [0.15, 0.2) is 65.7 Å². The largest absolute Gasteiger partial charge is 0.416 e. The minimum Gasteiger partial charge on any atom is -0.382 e. The molecule has 176 valence electrons. The molecule has 2 aromatic carbocycles. The minimum absolute atomic E-state index is 0.0506. The van der Waals surface area contributed by atoms with Crippen LogP contribution >= 0.6 is 23.2 Å². The second-order valence-corrected chi connectivity index (χ2v) is 8.16. The molecule has 4 rings (SSSR count). The molecule has 12 heteroatoms. The molecule has 0 aliphatic heterocycles. The quantitative estimate of drug-likeness (QED) is 0.415. The number of nitrogens with zero attached hydrogens (tertiary/aromatic N) is 5. The Hall–Kier alpha value is -3.21. The highest BCUT2D eigenvalue weighted by atomic mass is 35.5. The van der Waals surface area contributed by atoms with Gasteiger partial charge in [-0.1, -0.05) is 41.4 Å². The van der Waals surface area contributed by atoms with Crippen molar-refractivity contribution in [2.24, 2.45) is 0 Å². The van der Waals surface area contributed by atoms with Crippen LogP contribution in [0.3, 0.4) is 0 Å². The maximum atomic E-state index is 13.0. The first-order chi connectivity index (χ1) is 16.1. The fourth-order valence-electron chi connectivity index (χ4n) is 3.25. The highest BCUT2D eigenvalue weighted by Crippen LogP contribution is 2.26. The Morgan fingerprint density at radius 2 is 1.74 bits per heavy atom. The van der Waals surface area contributed by atoms with Crippen molar-refractivity contribution in [1.29, 1.82) is 0 Å². The van der Waals surface area contributed by atoms with Crippen LogP contribution in [-0.4, -0.2) is 41.7 Å². The molecule has 0 saturated carbocycles. The lowest BCUT2D eigenvalue weighted by molar-refractivity contribution is -0.207. The van der Waals surface area contributed by atoms with E-state index < -0.39 is 24.5 Å². The van der Waals surface area contributed by atoms with Crippen molar-refractivity contribution in [3.8, 4) is 22.6 Å². The molecule has 1 N–H and O–H groups in total. The summed E-state index contributed by atoms with van der Waals surface area (Å²) in [5.41, 5.74) is 1.06. The molecule has 7 nitrogen and oxygen atoms in total. The Morgan fingerprint density at radius 3 is 2.41 bits per heavy atom. The van der Waals surface area contributed by atoms with Gasteiger partial charge in [0.15, 0.2) is 11.9 Å². The topological polar surface area (TPSA) is 85.8 Å². The van der Waals surface area contributed by atoms with Crippen LogP contribution in [0.1, 0.15) is 5.69 Å². The van der Waals surface area contributed by atoms with Crippen molar-refractivity contribution >= 4 is 23.2 Å². The SMILES string of the molecule is O=c1n(Cc2cc(-c3ccccc3Cl)ncn2)nc(-c2ccc(Cl)cc2)n1CC(O)C(F)(F)F. The second kappa shape index (κ2) is 9.57. The van der Waals surface area contributed by atoms with Gasteiger partial charge in [-0.25, -0.2) is 19.4 Å². The van der Waals surface area contributed by atoms with E-state index in [0.717, 1.165) is 9.25 Å². The van der Waals surface area contributed by atoms with E-state index in [-0.39, 0.29) is 12.4 Å². The van der Waals surface area contributed by atoms with E-state index in [0.29, 0.717) is 32.6 Å². The van der Waals surface area contributed by atoms with E-state index in [1.807, 2.05) is 0 Å². The summed E-state index contributed by atoms with van der Waals surface area (Å²) in [6.07, 6.45) is -6.36. The van der Waals surface area contributed by atoms with Crippen molar-refractivity contribution in [3.63, 3.8) is 0 Å². The van der Waals surface area contributed by atoms with Crippen LogP contribution < -0.4 is 5.69 Å². The van der Waals surface area contributed by atoms with Crippen molar-refractivity contribution in [1.82, 2.24) is 24.3 Å². The van der Waals surface area contributed by atoms with Crippen LogP contribution in [0, 0.1) is 0 Å². The number of aliphatic hydroxyl groups is 1. The molecule has 0 saturated heterocycles. The molecule has 0 radical (unpaired) electrons. The van der Waals surface area contributed by atoms with Crippen molar-refractivity contribution < 1.29 is 18.3 Å². The highest BCUT2D eigenvalue weighted by Gasteiger charge is 2.39. The van der Waals surface area contributed by atoms with Crippen molar-refractivity contribution in [3.05, 3.63) is 87.1 Å². The van der Waals surface area contributed by atoms with E-state index in [1.165, 1.54) is 30.6 Å². The Morgan fingerprint density at radius 1 is 1.03 bits per heavy atom. The zero-order valence-electron chi connectivity index (χ0n) is 17.2. The summed E-state index contributed by atoms with van der Waals surface area (Å²) in [6, 6.07) is 14.7. The van der Waals surface area contributed by atoms with Gasteiger partial charge >= 0.3 is 11.9 Å². The van der Waals surface area contributed by atoms with Gasteiger partial charge < -0.3 is 5.11 Å². The first-order valence-electron chi connectivity index (χ1n) is 9.87. The van der Waals surface area contributed by atoms with E-state index in [9.17, 15) is 23.1 Å². The molecule has 1 atom stereocenters. The predicted molar refractivity (Wildman–Crippen MR) is 121 cm³/mol. The summed E-state index contributed by atoms with van der Waals surface area (Å²) >= 11 is 12.1. The van der Waals surface area contributed by atoms with E-state index >= 15 is 0 Å². The smallest absolute Gasteiger partial charge is 0.382 e. The van der Waals surface area contributed by atoms with E-state index in [4.69, 9.17) is 23.2 Å². The van der Waals surface area contributed by atoms with Crippen LogP contribution in [0.25, 0.3) is 22.6 Å². The zero-order valence-corrected chi connectivity index (χ0v) is 18.8. The molecule has 2 aromatic heterocycles.